The van der Waals surface area contributed by atoms with Gasteiger partial charge in [-0.1, -0.05) is 50.6 Å². The second kappa shape index (κ2) is 13.5. The van der Waals surface area contributed by atoms with Crippen LogP contribution in [-0.4, -0.2) is 47.8 Å². The third-order valence-electron chi connectivity index (χ3n) is 7.82. The van der Waals surface area contributed by atoms with Crippen molar-refractivity contribution in [3.63, 3.8) is 0 Å². The SMILES string of the molecule is CCCCN(C(=O)OC(C)(C)C)c1cc(C)c(NC(=O)C(CC)[N+]2(Cc3ccccc3)CCCCC2)c(C)c1. The van der Waals surface area contributed by atoms with Gasteiger partial charge in [0, 0.05) is 29.9 Å². The zero-order chi connectivity index (χ0) is 28.6. The zero-order valence-corrected chi connectivity index (χ0v) is 25.3. The van der Waals surface area contributed by atoms with E-state index in [9.17, 15) is 9.59 Å². The molecule has 1 fully saturated rings. The second-order valence-corrected chi connectivity index (χ2v) is 12.2. The highest BCUT2D eigenvalue weighted by Crippen LogP contribution is 2.32. The first-order chi connectivity index (χ1) is 18.5. The van der Waals surface area contributed by atoms with Crippen molar-refractivity contribution in [3.05, 3.63) is 59.2 Å². The van der Waals surface area contributed by atoms with Crippen molar-refractivity contribution < 1.29 is 18.8 Å². The largest absolute Gasteiger partial charge is 0.443 e. The minimum absolute atomic E-state index is 0.0873. The number of carbonyl (C=O) groups is 2. The molecule has 1 aliphatic rings. The standard InChI is InChI=1S/C33H49N3O3/c1-8-10-19-35(32(38)39-33(5,6)7)28-22-25(3)30(26(4)23-28)34-31(37)29(9-2)36(20-15-12-16-21-36)24-27-17-13-11-14-18-27/h11,13-14,17-18,22-23,29H,8-10,12,15-16,19-21,24H2,1-7H3/p+1. The summed E-state index contributed by atoms with van der Waals surface area (Å²) in [6, 6.07) is 14.5. The number of piperidine rings is 1. The first kappa shape index (κ1) is 30.7. The van der Waals surface area contributed by atoms with Crippen molar-refractivity contribution in [2.45, 2.75) is 105 Å². The number of hydrogen-bond acceptors (Lipinski definition) is 3. The van der Waals surface area contributed by atoms with Crippen LogP contribution >= 0.6 is 0 Å². The summed E-state index contributed by atoms with van der Waals surface area (Å²) in [6.07, 6.45) is 5.86. The Morgan fingerprint density at radius 3 is 2.15 bits per heavy atom. The van der Waals surface area contributed by atoms with Gasteiger partial charge in [0.05, 0.1) is 13.1 Å². The van der Waals surface area contributed by atoms with Crippen LogP contribution in [0.2, 0.25) is 0 Å². The zero-order valence-electron chi connectivity index (χ0n) is 25.3. The average Bonchev–Trinajstić information content (AvgIpc) is 2.87. The van der Waals surface area contributed by atoms with Gasteiger partial charge in [-0.2, -0.15) is 0 Å². The van der Waals surface area contributed by atoms with Crippen LogP contribution in [0.25, 0.3) is 0 Å². The molecule has 6 nitrogen and oxygen atoms in total. The number of nitrogens with zero attached hydrogens (tertiary/aromatic N) is 2. The molecule has 0 saturated carbocycles. The molecule has 0 aromatic heterocycles. The third kappa shape index (κ3) is 8.07. The Morgan fingerprint density at radius 1 is 1.00 bits per heavy atom. The van der Waals surface area contributed by atoms with Gasteiger partial charge in [0.15, 0.2) is 6.04 Å². The summed E-state index contributed by atoms with van der Waals surface area (Å²) in [6.45, 7) is 17.5. The maximum atomic E-state index is 14.0. The Morgan fingerprint density at radius 2 is 1.62 bits per heavy atom. The summed E-state index contributed by atoms with van der Waals surface area (Å²) >= 11 is 0. The lowest BCUT2D eigenvalue weighted by atomic mass is 9.98. The minimum Gasteiger partial charge on any atom is -0.443 e. The van der Waals surface area contributed by atoms with Gasteiger partial charge in [-0.25, -0.2) is 4.79 Å². The Hall–Kier alpha value is -2.86. The Labute approximate surface area is 236 Å². The molecule has 2 amide bonds. The molecule has 1 aliphatic heterocycles. The molecule has 2 aromatic rings. The fraction of sp³-hybridized carbons (Fsp3) is 0.576. The molecule has 1 heterocycles. The first-order valence-corrected chi connectivity index (χ1v) is 14.8. The molecule has 39 heavy (non-hydrogen) atoms. The molecule has 2 aromatic carbocycles. The molecule has 214 valence electrons. The number of anilines is 2. The number of unbranched alkanes of at least 4 members (excludes halogenated alkanes) is 1. The van der Waals surface area contributed by atoms with Crippen molar-refractivity contribution in [2.75, 3.05) is 29.9 Å². The molecule has 1 saturated heterocycles. The molecule has 3 rings (SSSR count). The van der Waals surface area contributed by atoms with Crippen LogP contribution in [0.4, 0.5) is 16.2 Å². The summed E-state index contributed by atoms with van der Waals surface area (Å²) < 4.78 is 6.53. The Kier molecular flexibility index (Phi) is 10.6. The maximum Gasteiger partial charge on any atom is 0.414 e. The number of hydrogen-bond donors (Lipinski definition) is 1. The van der Waals surface area contributed by atoms with Gasteiger partial charge in [-0.3, -0.25) is 9.69 Å². The summed E-state index contributed by atoms with van der Waals surface area (Å²) in [5.41, 5.74) is 4.27. The predicted octanol–water partition coefficient (Wildman–Crippen LogP) is 7.76. The molecule has 0 spiro atoms. The first-order valence-electron chi connectivity index (χ1n) is 14.8. The van der Waals surface area contributed by atoms with Crippen LogP contribution in [0.15, 0.2) is 42.5 Å². The lowest BCUT2D eigenvalue weighted by Crippen LogP contribution is -2.61. The summed E-state index contributed by atoms with van der Waals surface area (Å²) in [5.74, 6) is 0.0873. The molecular formula is C33H50N3O3+. The number of benzene rings is 2. The lowest BCUT2D eigenvalue weighted by molar-refractivity contribution is -0.959. The number of quaternary nitrogens is 1. The van der Waals surface area contributed by atoms with Crippen molar-refractivity contribution in [3.8, 4) is 0 Å². The normalized spacial score (nSPS) is 15.9. The molecule has 1 atom stereocenters. The number of carbonyl (C=O) groups excluding carboxylic acids is 2. The van der Waals surface area contributed by atoms with E-state index >= 15 is 0 Å². The Balaban J connectivity index is 1.87. The smallest absolute Gasteiger partial charge is 0.414 e. The molecule has 0 radical (unpaired) electrons. The molecule has 6 heteroatoms. The predicted molar refractivity (Wildman–Crippen MR) is 161 cm³/mol. The molecule has 0 bridgehead atoms. The van der Waals surface area contributed by atoms with Crippen molar-refractivity contribution >= 4 is 23.4 Å². The summed E-state index contributed by atoms with van der Waals surface area (Å²) in [7, 11) is 0. The van der Waals surface area contributed by atoms with E-state index in [-0.39, 0.29) is 18.0 Å². The van der Waals surface area contributed by atoms with E-state index in [0.717, 1.165) is 78.7 Å². The van der Waals surface area contributed by atoms with Gasteiger partial charge >= 0.3 is 6.09 Å². The van der Waals surface area contributed by atoms with Gasteiger partial charge in [0.1, 0.15) is 12.1 Å². The van der Waals surface area contributed by atoms with E-state index in [2.05, 4.69) is 49.5 Å². The van der Waals surface area contributed by atoms with E-state index in [1.807, 2.05) is 46.8 Å². The number of aryl methyl sites for hydroxylation is 2. The third-order valence-corrected chi connectivity index (χ3v) is 7.82. The van der Waals surface area contributed by atoms with Crippen molar-refractivity contribution in [1.29, 1.82) is 0 Å². The van der Waals surface area contributed by atoms with E-state index in [0.29, 0.717) is 6.54 Å². The monoisotopic (exact) mass is 536 g/mol. The van der Waals surface area contributed by atoms with Gasteiger partial charge in [-0.15, -0.1) is 0 Å². The highest BCUT2D eigenvalue weighted by atomic mass is 16.6. The van der Waals surface area contributed by atoms with Crippen LogP contribution in [0.1, 0.15) is 89.8 Å². The fourth-order valence-corrected chi connectivity index (χ4v) is 5.95. The molecule has 1 N–H and O–H groups in total. The van der Waals surface area contributed by atoms with Crippen molar-refractivity contribution in [2.24, 2.45) is 0 Å². The van der Waals surface area contributed by atoms with Gasteiger partial charge in [0.25, 0.3) is 5.91 Å². The number of ether oxygens (including phenoxy) is 1. The van der Waals surface area contributed by atoms with Gasteiger partial charge < -0.3 is 14.5 Å². The average molecular weight is 537 g/mol. The van der Waals surface area contributed by atoms with E-state index in [4.69, 9.17) is 4.74 Å². The fourth-order valence-electron chi connectivity index (χ4n) is 5.95. The highest BCUT2D eigenvalue weighted by Gasteiger charge is 2.42. The van der Waals surface area contributed by atoms with Gasteiger partial charge in [0.2, 0.25) is 0 Å². The quantitative estimate of drug-likeness (QED) is 0.316. The maximum absolute atomic E-state index is 14.0. The number of likely N-dealkylation sites (tertiary alicyclic amines) is 1. The van der Waals surface area contributed by atoms with E-state index < -0.39 is 5.60 Å². The van der Waals surface area contributed by atoms with Crippen LogP contribution in [-0.2, 0) is 16.1 Å². The minimum atomic E-state index is -0.568. The lowest BCUT2D eigenvalue weighted by Gasteiger charge is -2.46. The van der Waals surface area contributed by atoms with E-state index in [1.165, 1.54) is 12.0 Å². The van der Waals surface area contributed by atoms with Crippen LogP contribution in [0, 0.1) is 13.8 Å². The van der Waals surface area contributed by atoms with Crippen LogP contribution in [0.5, 0.6) is 0 Å². The van der Waals surface area contributed by atoms with Crippen LogP contribution in [0.3, 0.4) is 0 Å². The Bertz CT molecular complexity index is 1080. The van der Waals surface area contributed by atoms with E-state index in [1.54, 1.807) is 4.90 Å². The van der Waals surface area contributed by atoms with Gasteiger partial charge in [-0.05, 0) is 83.6 Å². The van der Waals surface area contributed by atoms with Crippen LogP contribution < -0.4 is 10.2 Å². The molecule has 0 aliphatic carbocycles. The summed E-state index contributed by atoms with van der Waals surface area (Å²) in [4.78, 5) is 28.8. The number of amides is 2. The summed E-state index contributed by atoms with van der Waals surface area (Å²) in [5, 5.41) is 3.32. The topological polar surface area (TPSA) is 58.6 Å². The number of nitrogens with one attached hydrogen (secondary N) is 1. The second-order valence-electron chi connectivity index (χ2n) is 12.2. The number of rotatable bonds is 10. The molecule has 1 unspecified atom stereocenters. The highest BCUT2D eigenvalue weighted by molar-refractivity contribution is 5.96. The molecular weight excluding hydrogens is 486 g/mol. The van der Waals surface area contributed by atoms with Crippen molar-refractivity contribution in [1.82, 2.24) is 0 Å².